The zero-order chi connectivity index (χ0) is 16.5. The van der Waals surface area contributed by atoms with Crippen molar-refractivity contribution in [3.05, 3.63) is 59.4 Å². The molecular formula is C20H25NO2. The monoisotopic (exact) mass is 311 g/mol. The number of hydrogen-bond acceptors (Lipinski definition) is 3. The number of benzene rings is 1. The smallest absolute Gasteiger partial charge is 0.194 e. The van der Waals surface area contributed by atoms with Gasteiger partial charge in [0.1, 0.15) is 5.75 Å². The molecular weight excluding hydrogens is 286 g/mol. The number of pyridine rings is 1. The maximum absolute atomic E-state index is 12.3. The van der Waals surface area contributed by atoms with E-state index in [1.807, 2.05) is 43.3 Å². The van der Waals surface area contributed by atoms with E-state index in [1.54, 1.807) is 6.20 Å². The number of unbranched alkanes of at least 4 members (excludes halogenated alkanes) is 4. The summed E-state index contributed by atoms with van der Waals surface area (Å²) < 4.78 is 5.72. The largest absolute Gasteiger partial charge is 0.494 e. The van der Waals surface area contributed by atoms with Gasteiger partial charge in [-0.05, 0) is 49.7 Å². The fourth-order valence-corrected chi connectivity index (χ4v) is 2.37. The Bertz CT molecular complexity index is 603. The minimum atomic E-state index is -0.0105. The van der Waals surface area contributed by atoms with Crippen molar-refractivity contribution in [3.8, 4) is 5.75 Å². The van der Waals surface area contributed by atoms with Crippen LogP contribution in [-0.4, -0.2) is 17.4 Å². The minimum absolute atomic E-state index is 0.0105. The van der Waals surface area contributed by atoms with Crippen LogP contribution in [-0.2, 0) is 0 Å². The number of rotatable bonds is 9. The third-order valence-electron chi connectivity index (χ3n) is 3.81. The molecule has 0 aliphatic carbocycles. The Kier molecular flexibility index (Phi) is 6.79. The van der Waals surface area contributed by atoms with Gasteiger partial charge in [0.2, 0.25) is 0 Å². The van der Waals surface area contributed by atoms with Gasteiger partial charge in [0.15, 0.2) is 5.78 Å². The summed E-state index contributed by atoms with van der Waals surface area (Å²) in [5, 5.41) is 0. The summed E-state index contributed by atoms with van der Waals surface area (Å²) in [5.41, 5.74) is 2.18. The lowest BCUT2D eigenvalue weighted by Crippen LogP contribution is -2.03. The summed E-state index contributed by atoms with van der Waals surface area (Å²) in [6, 6.07) is 11.0. The van der Waals surface area contributed by atoms with E-state index in [4.69, 9.17) is 4.74 Å². The maximum atomic E-state index is 12.3. The highest BCUT2D eigenvalue weighted by Gasteiger charge is 2.09. The number of carbonyl (C=O) groups excluding carboxylic acids is 1. The molecule has 2 rings (SSSR count). The molecule has 0 aliphatic heterocycles. The van der Waals surface area contributed by atoms with Crippen molar-refractivity contribution in [2.24, 2.45) is 0 Å². The van der Waals surface area contributed by atoms with Crippen LogP contribution in [0.3, 0.4) is 0 Å². The first kappa shape index (κ1) is 17.2. The first-order valence-electron chi connectivity index (χ1n) is 8.41. The topological polar surface area (TPSA) is 39.2 Å². The molecule has 0 bridgehead atoms. The molecule has 0 radical (unpaired) electrons. The van der Waals surface area contributed by atoms with Gasteiger partial charge in [-0.25, -0.2) is 0 Å². The predicted octanol–water partition coefficient (Wildman–Crippen LogP) is 4.97. The van der Waals surface area contributed by atoms with Crippen molar-refractivity contribution in [3.63, 3.8) is 0 Å². The Balaban J connectivity index is 1.84. The number of aromatic nitrogens is 1. The molecule has 0 aliphatic rings. The van der Waals surface area contributed by atoms with Crippen molar-refractivity contribution in [2.45, 2.75) is 46.0 Å². The molecule has 0 N–H and O–H groups in total. The lowest BCUT2D eigenvalue weighted by atomic mass is 10.0. The Morgan fingerprint density at radius 3 is 2.30 bits per heavy atom. The highest BCUT2D eigenvalue weighted by atomic mass is 16.5. The average Bonchev–Trinajstić information content (AvgIpc) is 2.58. The SMILES string of the molecule is CCCCCCCOc1ccc(C(=O)c2ccc(C)nc2)cc1. The van der Waals surface area contributed by atoms with Gasteiger partial charge in [-0.2, -0.15) is 0 Å². The van der Waals surface area contributed by atoms with Gasteiger partial charge >= 0.3 is 0 Å². The molecule has 1 aromatic heterocycles. The first-order chi connectivity index (χ1) is 11.2. The summed E-state index contributed by atoms with van der Waals surface area (Å²) in [4.78, 5) is 16.5. The van der Waals surface area contributed by atoms with Crippen molar-refractivity contribution in [2.75, 3.05) is 6.61 Å². The Hall–Kier alpha value is -2.16. The Morgan fingerprint density at radius 2 is 1.65 bits per heavy atom. The van der Waals surface area contributed by atoms with Gasteiger partial charge in [0.05, 0.1) is 6.61 Å². The third kappa shape index (κ3) is 5.51. The number of carbonyl (C=O) groups is 1. The molecule has 2 aromatic rings. The highest BCUT2D eigenvalue weighted by Crippen LogP contribution is 2.16. The maximum Gasteiger partial charge on any atom is 0.194 e. The van der Waals surface area contributed by atoms with Crippen LogP contribution in [0.2, 0.25) is 0 Å². The first-order valence-corrected chi connectivity index (χ1v) is 8.41. The van der Waals surface area contributed by atoms with E-state index >= 15 is 0 Å². The van der Waals surface area contributed by atoms with E-state index in [0.717, 1.165) is 24.5 Å². The molecule has 0 spiro atoms. The van der Waals surface area contributed by atoms with Crippen LogP contribution in [0.1, 0.15) is 60.6 Å². The second kappa shape index (κ2) is 9.09. The Morgan fingerprint density at radius 1 is 0.957 bits per heavy atom. The number of ether oxygens (including phenoxy) is 1. The molecule has 0 saturated heterocycles. The summed E-state index contributed by atoms with van der Waals surface area (Å²) in [7, 11) is 0. The van der Waals surface area contributed by atoms with Gasteiger partial charge < -0.3 is 4.74 Å². The average molecular weight is 311 g/mol. The highest BCUT2D eigenvalue weighted by molar-refractivity contribution is 6.08. The zero-order valence-electron chi connectivity index (χ0n) is 14.0. The summed E-state index contributed by atoms with van der Waals surface area (Å²) in [6.45, 7) is 4.85. The number of aryl methyl sites for hydroxylation is 1. The molecule has 1 aromatic carbocycles. The normalized spacial score (nSPS) is 10.5. The summed E-state index contributed by atoms with van der Waals surface area (Å²) in [5.74, 6) is 0.808. The molecule has 1 heterocycles. The third-order valence-corrected chi connectivity index (χ3v) is 3.81. The second-order valence-electron chi connectivity index (χ2n) is 5.80. The predicted molar refractivity (Wildman–Crippen MR) is 93.1 cm³/mol. The second-order valence-corrected chi connectivity index (χ2v) is 5.80. The summed E-state index contributed by atoms with van der Waals surface area (Å²) in [6.07, 6.45) is 7.74. The summed E-state index contributed by atoms with van der Waals surface area (Å²) >= 11 is 0. The van der Waals surface area contributed by atoms with Gasteiger partial charge in [-0.15, -0.1) is 0 Å². The van der Waals surface area contributed by atoms with Crippen LogP contribution in [0.25, 0.3) is 0 Å². The van der Waals surface area contributed by atoms with Gasteiger partial charge in [0, 0.05) is 23.0 Å². The molecule has 3 heteroatoms. The molecule has 3 nitrogen and oxygen atoms in total. The van der Waals surface area contributed by atoms with E-state index in [1.165, 1.54) is 25.7 Å². The van der Waals surface area contributed by atoms with Crippen LogP contribution in [0.4, 0.5) is 0 Å². The molecule has 0 amide bonds. The molecule has 0 fully saturated rings. The van der Waals surface area contributed by atoms with E-state index in [9.17, 15) is 4.79 Å². The standard InChI is InChI=1S/C20H25NO2/c1-3-4-5-6-7-14-23-19-12-10-17(11-13-19)20(22)18-9-8-16(2)21-15-18/h8-13,15H,3-7,14H2,1-2H3. The lowest BCUT2D eigenvalue weighted by molar-refractivity contribution is 0.103. The number of ketones is 1. The van der Waals surface area contributed by atoms with Crippen LogP contribution >= 0.6 is 0 Å². The van der Waals surface area contributed by atoms with E-state index < -0.39 is 0 Å². The Labute approximate surface area is 138 Å². The van der Waals surface area contributed by atoms with E-state index in [0.29, 0.717) is 11.1 Å². The lowest BCUT2D eigenvalue weighted by Gasteiger charge is -2.07. The minimum Gasteiger partial charge on any atom is -0.494 e. The van der Waals surface area contributed by atoms with E-state index in [2.05, 4.69) is 11.9 Å². The fourth-order valence-electron chi connectivity index (χ4n) is 2.37. The van der Waals surface area contributed by atoms with Crippen molar-refractivity contribution in [1.82, 2.24) is 4.98 Å². The van der Waals surface area contributed by atoms with Gasteiger partial charge in [-0.1, -0.05) is 32.6 Å². The van der Waals surface area contributed by atoms with Crippen molar-refractivity contribution >= 4 is 5.78 Å². The molecule has 0 unspecified atom stereocenters. The fraction of sp³-hybridized carbons (Fsp3) is 0.400. The number of hydrogen-bond donors (Lipinski definition) is 0. The van der Waals surface area contributed by atoms with Crippen LogP contribution in [0, 0.1) is 6.92 Å². The van der Waals surface area contributed by atoms with Crippen LogP contribution < -0.4 is 4.74 Å². The quantitative estimate of drug-likeness (QED) is 0.485. The molecule has 0 saturated carbocycles. The van der Waals surface area contributed by atoms with Gasteiger partial charge in [0.25, 0.3) is 0 Å². The van der Waals surface area contributed by atoms with Gasteiger partial charge in [-0.3, -0.25) is 9.78 Å². The van der Waals surface area contributed by atoms with Crippen LogP contribution in [0.5, 0.6) is 5.75 Å². The van der Waals surface area contributed by atoms with Crippen molar-refractivity contribution < 1.29 is 9.53 Å². The van der Waals surface area contributed by atoms with E-state index in [-0.39, 0.29) is 5.78 Å². The molecule has 23 heavy (non-hydrogen) atoms. The molecule has 122 valence electrons. The molecule has 0 atom stereocenters. The van der Waals surface area contributed by atoms with Crippen molar-refractivity contribution in [1.29, 1.82) is 0 Å². The zero-order valence-corrected chi connectivity index (χ0v) is 14.0. The number of nitrogens with zero attached hydrogens (tertiary/aromatic N) is 1. The van der Waals surface area contributed by atoms with Crippen LogP contribution in [0.15, 0.2) is 42.6 Å².